The van der Waals surface area contributed by atoms with Gasteiger partial charge in [-0.15, -0.1) is 0 Å². The molecule has 1 heterocycles. The van der Waals surface area contributed by atoms with E-state index < -0.39 is 4.92 Å². The van der Waals surface area contributed by atoms with Gasteiger partial charge in [0.15, 0.2) is 0 Å². The summed E-state index contributed by atoms with van der Waals surface area (Å²) >= 11 is 0. The number of rotatable bonds is 6. The molecule has 18 heavy (non-hydrogen) atoms. The molecular weight excluding hydrogens is 236 g/mol. The van der Waals surface area contributed by atoms with Crippen molar-refractivity contribution in [3.8, 4) is 0 Å². The number of hydrogen-bond donors (Lipinski definition) is 2. The smallest absolute Gasteiger partial charge is 0.287 e. The van der Waals surface area contributed by atoms with Gasteiger partial charge in [-0.2, -0.15) is 0 Å². The average molecular weight is 252 g/mol. The maximum atomic E-state index is 11.2. The molecule has 1 aromatic heterocycles. The third-order valence-corrected chi connectivity index (χ3v) is 2.29. The largest absolute Gasteiger partial charge is 0.369 e. The van der Waals surface area contributed by atoms with Gasteiger partial charge >= 0.3 is 0 Å². The van der Waals surface area contributed by atoms with Crippen molar-refractivity contribution in [1.29, 1.82) is 0 Å². The lowest BCUT2D eigenvalue weighted by Crippen LogP contribution is -2.24. The number of carbonyl (C=O) groups is 1. The molecule has 0 aliphatic rings. The molecule has 0 fully saturated rings. The average Bonchev–Trinajstić information content (AvgIpc) is 2.31. The summed E-state index contributed by atoms with van der Waals surface area (Å²) in [6.07, 6.45) is 1.54. The van der Waals surface area contributed by atoms with Crippen molar-refractivity contribution in [3.05, 3.63) is 27.9 Å². The first-order valence-corrected chi connectivity index (χ1v) is 5.66. The Morgan fingerprint density at radius 3 is 2.83 bits per heavy atom. The van der Waals surface area contributed by atoms with Crippen LogP contribution in [0.15, 0.2) is 12.3 Å². The maximum Gasteiger partial charge on any atom is 0.287 e. The van der Waals surface area contributed by atoms with Gasteiger partial charge in [-0.1, -0.05) is 0 Å². The number of nitrogens with one attached hydrogen (secondary N) is 2. The molecule has 0 unspecified atom stereocenters. The van der Waals surface area contributed by atoms with Gasteiger partial charge in [0.25, 0.3) is 5.69 Å². The van der Waals surface area contributed by atoms with Crippen LogP contribution in [0, 0.1) is 17.0 Å². The van der Waals surface area contributed by atoms with E-state index in [1.54, 1.807) is 6.92 Å². The monoisotopic (exact) mass is 252 g/mol. The highest BCUT2D eigenvalue weighted by Gasteiger charge is 2.09. The minimum Gasteiger partial charge on any atom is -0.369 e. The van der Waals surface area contributed by atoms with Crippen LogP contribution in [0.25, 0.3) is 0 Å². The Kier molecular flexibility index (Phi) is 5.04. The quantitative estimate of drug-likeness (QED) is 0.586. The van der Waals surface area contributed by atoms with E-state index in [4.69, 9.17) is 0 Å². The first kappa shape index (κ1) is 13.9. The molecule has 0 aliphatic heterocycles. The van der Waals surface area contributed by atoms with E-state index in [-0.39, 0.29) is 11.6 Å². The highest BCUT2D eigenvalue weighted by atomic mass is 16.6. The molecule has 1 rings (SSSR count). The van der Waals surface area contributed by atoms with Crippen LogP contribution in [0.5, 0.6) is 0 Å². The Morgan fingerprint density at radius 1 is 1.56 bits per heavy atom. The highest BCUT2D eigenvalue weighted by molar-refractivity contribution is 5.76. The fourth-order valence-electron chi connectivity index (χ4n) is 1.42. The van der Waals surface area contributed by atoms with Gasteiger partial charge < -0.3 is 10.6 Å². The Morgan fingerprint density at radius 2 is 2.28 bits per heavy atom. The maximum absolute atomic E-state index is 11.2. The predicted octanol–water partition coefficient (Wildman–Crippen LogP) is 1.24. The van der Waals surface area contributed by atoms with Crippen LogP contribution in [-0.2, 0) is 4.79 Å². The number of aryl methyl sites for hydroxylation is 1. The Balaban J connectivity index is 2.53. The fourth-order valence-corrected chi connectivity index (χ4v) is 1.42. The number of nitrogens with zero attached hydrogens (tertiary/aromatic N) is 2. The first-order valence-electron chi connectivity index (χ1n) is 5.66. The Labute approximate surface area is 105 Å². The minimum absolute atomic E-state index is 0.0374. The molecule has 0 saturated heterocycles. The van der Waals surface area contributed by atoms with Crippen molar-refractivity contribution in [3.63, 3.8) is 0 Å². The van der Waals surface area contributed by atoms with E-state index in [0.717, 1.165) is 0 Å². The molecule has 1 aromatic rings. The van der Waals surface area contributed by atoms with Crippen molar-refractivity contribution < 1.29 is 9.72 Å². The highest BCUT2D eigenvalue weighted by Crippen LogP contribution is 2.17. The van der Waals surface area contributed by atoms with Crippen LogP contribution in [0.1, 0.15) is 18.9 Å². The molecule has 1 amide bonds. The standard InChI is InChI=1S/C11H16N4O3/c1-3-12-10(16)4-5-13-11-8(2)6-9(7-14-11)15(17)18/h6-7H,3-5H2,1-2H3,(H,12,16)(H,13,14). The number of pyridine rings is 1. The summed E-state index contributed by atoms with van der Waals surface area (Å²) in [5.74, 6) is 0.523. The minimum atomic E-state index is -0.488. The summed E-state index contributed by atoms with van der Waals surface area (Å²) in [4.78, 5) is 25.2. The van der Waals surface area contributed by atoms with E-state index in [9.17, 15) is 14.9 Å². The second-order valence-corrected chi connectivity index (χ2v) is 3.75. The normalized spacial score (nSPS) is 9.89. The molecule has 2 N–H and O–H groups in total. The Bertz CT molecular complexity index is 448. The van der Waals surface area contributed by atoms with Crippen LogP contribution in [0.2, 0.25) is 0 Å². The number of hydrogen-bond acceptors (Lipinski definition) is 5. The van der Waals surface area contributed by atoms with Crippen molar-refractivity contribution >= 4 is 17.4 Å². The van der Waals surface area contributed by atoms with E-state index >= 15 is 0 Å². The van der Waals surface area contributed by atoms with Crippen LogP contribution < -0.4 is 10.6 Å². The molecule has 0 aromatic carbocycles. The molecular formula is C11H16N4O3. The summed E-state index contributed by atoms with van der Waals surface area (Å²) in [5, 5.41) is 16.2. The predicted molar refractivity (Wildman–Crippen MR) is 67.4 cm³/mol. The zero-order chi connectivity index (χ0) is 13.5. The molecule has 0 bridgehead atoms. The molecule has 0 radical (unpaired) electrons. The Hall–Kier alpha value is -2.18. The summed E-state index contributed by atoms with van der Waals surface area (Å²) in [6, 6.07) is 1.45. The van der Waals surface area contributed by atoms with E-state index in [1.165, 1.54) is 12.3 Å². The molecule has 0 atom stereocenters. The SMILES string of the molecule is CCNC(=O)CCNc1ncc([N+](=O)[O-])cc1C. The fraction of sp³-hybridized carbons (Fsp3) is 0.455. The van der Waals surface area contributed by atoms with Gasteiger partial charge in [0.05, 0.1) is 4.92 Å². The van der Waals surface area contributed by atoms with Gasteiger partial charge in [0.2, 0.25) is 5.91 Å². The third kappa shape index (κ3) is 4.00. The lowest BCUT2D eigenvalue weighted by molar-refractivity contribution is -0.385. The van der Waals surface area contributed by atoms with Crippen LogP contribution in [0.3, 0.4) is 0 Å². The number of carbonyl (C=O) groups excluding carboxylic acids is 1. The van der Waals surface area contributed by atoms with Gasteiger partial charge in [-0.25, -0.2) is 4.98 Å². The van der Waals surface area contributed by atoms with Crippen molar-refractivity contribution in [2.75, 3.05) is 18.4 Å². The van der Waals surface area contributed by atoms with Gasteiger partial charge in [0, 0.05) is 25.6 Å². The number of anilines is 1. The van der Waals surface area contributed by atoms with Crippen LogP contribution in [-0.4, -0.2) is 28.9 Å². The lowest BCUT2D eigenvalue weighted by atomic mass is 10.2. The molecule has 7 nitrogen and oxygen atoms in total. The number of nitro groups is 1. The van der Waals surface area contributed by atoms with Gasteiger partial charge in [-0.05, 0) is 19.4 Å². The number of aromatic nitrogens is 1. The summed E-state index contributed by atoms with van der Waals surface area (Å²) < 4.78 is 0. The number of amides is 1. The van der Waals surface area contributed by atoms with Crippen LogP contribution in [0.4, 0.5) is 11.5 Å². The van der Waals surface area contributed by atoms with E-state index in [1.807, 2.05) is 6.92 Å². The topological polar surface area (TPSA) is 97.2 Å². The second-order valence-electron chi connectivity index (χ2n) is 3.75. The molecule has 0 spiro atoms. The summed E-state index contributed by atoms with van der Waals surface area (Å²) in [6.45, 7) is 4.63. The molecule has 0 aliphatic carbocycles. The van der Waals surface area contributed by atoms with E-state index in [2.05, 4.69) is 15.6 Å². The molecule has 98 valence electrons. The second kappa shape index (κ2) is 6.53. The zero-order valence-electron chi connectivity index (χ0n) is 10.4. The first-order chi connectivity index (χ1) is 8.54. The summed E-state index contributed by atoms with van der Waals surface area (Å²) in [7, 11) is 0. The van der Waals surface area contributed by atoms with E-state index in [0.29, 0.717) is 30.9 Å². The van der Waals surface area contributed by atoms with Gasteiger partial charge in [0.1, 0.15) is 12.0 Å². The van der Waals surface area contributed by atoms with Crippen molar-refractivity contribution in [2.24, 2.45) is 0 Å². The van der Waals surface area contributed by atoms with Crippen molar-refractivity contribution in [2.45, 2.75) is 20.3 Å². The molecule has 7 heteroatoms. The zero-order valence-corrected chi connectivity index (χ0v) is 10.4. The van der Waals surface area contributed by atoms with Crippen LogP contribution >= 0.6 is 0 Å². The van der Waals surface area contributed by atoms with Gasteiger partial charge in [-0.3, -0.25) is 14.9 Å². The van der Waals surface area contributed by atoms with Crippen molar-refractivity contribution in [1.82, 2.24) is 10.3 Å². The third-order valence-electron chi connectivity index (χ3n) is 2.29. The summed E-state index contributed by atoms with van der Waals surface area (Å²) in [5.41, 5.74) is 0.641. The molecule has 0 saturated carbocycles. The lowest BCUT2D eigenvalue weighted by Gasteiger charge is -2.07.